The first-order chi connectivity index (χ1) is 11.7. The van der Waals surface area contributed by atoms with E-state index < -0.39 is 33.1 Å². The Kier molecular flexibility index (Phi) is 6.59. The maximum absolute atomic E-state index is 13.0. The summed E-state index contributed by atoms with van der Waals surface area (Å²) in [7, 11) is -3.73. The molecular weight excluding hydrogens is 433 g/mol. The minimum atomic E-state index is -3.73. The second-order valence-corrected chi connectivity index (χ2v) is 9.00. The lowest BCUT2D eigenvalue weighted by atomic mass is 10.1. The molecule has 0 heterocycles. The Hall–Kier alpha value is -1.44. The van der Waals surface area contributed by atoms with Crippen LogP contribution >= 0.6 is 27.5 Å². The zero-order chi connectivity index (χ0) is 18.6. The summed E-state index contributed by atoms with van der Waals surface area (Å²) in [6, 6.07) is 10.5. The lowest BCUT2D eigenvalue weighted by molar-refractivity contribution is -0.119. The predicted molar refractivity (Wildman–Crippen MR) is 99.6 cm³/mol. The van der Waals surface area contributed by atoms with Crippen LogP contribution in [-0.4, -0.2) is 20.1 Å². The largest absolute Gasteiger partial charge is 0.349 e. The van der Waals surface area contributed by atoms with E-state index in [1.54, 1.807) is 6.92 Å². The Morgan fingerprint density at radius 3 is 2.48 bits per heavy atom. The first kappa shape index (κ1) is 19.9. The summed E-state index contributed by atoms with van der Waals surface area (Å²) < 4.78 is 38.3. The van der Waals surface area contributed by atoms with Gasteiger partial charge in [0.1, 0.15) is 11.6 Å². The molecular formula is C17H16BrClFNO3S. The van der Waals surface area contributed by atoms with E-state index >= 15 is 0 Å². The van der Waals surface area contributed by atoms with Crippen LogP contribution in [0.3, 0.4) is 0 Å². The van der Waals surface area contributed by atoms with Gasteiger partial charge in [-0.2, -0.15) is 0 Å². The van der Waals surface area contributed by atoms with E-state index in [0.29, 0.717) is 0 Å². The Bertz CT molecular complexity index is 872. The molecule has 2 aromatic carbocycles. The van der Waals surface area contributed by atoms with Gasteiger partial charge in [0, 0.05) is 9.50 Å². The van der Waals surface area contributed by atoms with Crippen molar-refractivity contribution < 1.29 is 17.6 Å². The van der Waals surface area contributed by atoms with Gasteiger partial charge in [-0.3, -0.25) is 4.79 Å². The van der Waals surface area contributed by atoms with Gasteiger partial charge >= 0.3 is 0 Å². The monoisotopic (exact) mass is 447 g/mol. The summed E-state index contributed by atoms with van der Waals surface area (Å²) in [6.07, 6.45) is 0. The lowest BCUT2D eigenvalue weighted by Gasteiger charge is -2.14. The molecule has 0 saturated heterocycles. The number of carbonyl (C=O) groups is 1. The van der Waals surface area contributed by atoms with Crippen LogP contribution in [0.25, 0.3) is 0 Å². The van der Waals surface area contributed by atoms with Gasteiger partial charge in [-0.25, -0.2) is 12.8 Å². The molecule has 134 valence electrons. The number of rotatable bonds is 6. The fourth-order valence-corrected chi connectivity index (χ4v) is 4.13. The maximum Gasteiger partial charge on any atom is 0.235 e. The van der Waals surface area contributed by atoms with Crippen molar-refractivity contribution in [3.8, 4) is 0 Å². The third kappa shape index (κ3) is 6.09. The molecule has 0 aromatic heterocycles. The molecule has 0 aliphatic heterocycles. The molecule has 2 rings (SSSR count). The molecule has 0 fully saturated rings. The first-order valence-corrected chi connectivity index (χ1v) is 10.3. The molecule has 1 N–H and O–H groups in total. The number of benzene rings is 2. The Labute approximate surface area is 159 Å². The normalized spacial score (nSPS) is 12.6. The second kappa shape index (κ2) is 8.29. The van der Waals surface area contributed by atoms with Gasteiger partial charge in [0.2, 0.25) is 5.91 Å². The maximum atomic E-state index is 13.0. The van der Waals surface area contributed by atoms with Crippen LogP contribution < -0.4 is 5.32 Å². The molecule has 0 aliphatic carbocycles. The molecule has 0 saturated carbocycles. The van der Waals surface area contributed by atoms with Crippen molar-refractivity contribution in [1.29, 1.82) is 0 Å². The molecule has 4 nitrogen and oxygen atoms in total. The van der Waals surface area contributed by atoms with Gasteiger partial charge in [-0.1, -0.05) is 45.7 Å². The smallest absolute Gasteiger partial charge is 0.235 e. The average molecular weight is 449 g/mol. The number of nitrogens with one attached hydrogen (secondary N) is 1. The second-order valence-electron chi connectivity index (χ2n) is 5.61. The van der Waals surface area contributed by atoms with Crippen LogP contribution in [0.15, 0.2) is 46.9 Å². The summed E-state index contributed by atoms with van der Waals surface area (Å²) in [6.45, 7) is 1.77. The molecule has 25 heavy (non-hydrogen) atoms. The zero-order valence-electron chi connectivity index (χ0n) is 13.3. The Balaban J connectivity index is 1.99. The van der Waals surface area contributed by atoms with E-state index in [-0.39, 0.29) is 16.6 Å². The number of hydrogen-bond donors (Lipinski definition) is 1. The van der Waals surface area contributed by atoms with Crippen LogP contribution in [-0.2, 0) is 20.4 Å². The van der Waals surface area contributed by atoms with Crippen molar-refractivity contribution in [2.75, 3.05) is 5.75 Å². The zero-order valence-corrected chi connectivity index (χ0v) is 16.5. The van der Waals surface area contributed by atoms with Crippen molar-refractivity contribution in [1.82, 2.24) is 5.32 Å². The molecule has 2 aromatic rings. The number of sulfone groups is 1. The van der Waals surface area contributed by atoms with Crippen molar-refractivity contribution >= 4 is 43.3 Å². The third-order valence-corrected chi connectivity index (χ3v) is 5.82. The van der Waals surface area contributed by atoms with Gasteiger partial charge in [-0.15, -0.1) is 0 Å². The van der Waals surface area contributed by atoms with Crippen LogP contribution in [0.5, 0.6) is 0 Å². The van der Waals surface area contributed by atoms with Crippen LogP contribution in [0.4, 0.5) is 4.39 Å². The predicted octanol–water partition coefficient (Wildman–Crippen LogP) is 4.03. The van der Waals surface area contributed by atoms with Crippen molar-refractivity contribution in [2.24, 2.45) is 0 Å². The Morgan fingerprint density at radius 2 is 1.88 bits per heavy atom. The molecule has 0 spiro atoms. The fraction of sp³-hybridized carbons (Fsp3) is 0.235. The summed E-state index contributed by atoms with van der Waals surface area (Å²) in [5, 5.41) is 2.68. The van der Waals surface area contributed by atoms with Gasteiger partial charge in [0.25, 0.3) is 0 Å². The fourth-order valence-electron chi connectivity index (χ4n) is 2.24. The van der Waals surface area contributed by atoms with Crippen LogP contribution in [0.1, 0.15) is 24.1 Å². The van der Waals surface area contributed by atoms with Crippen molar-refractivity contribution in [2.45, 2.75) is 18.7 Å². The van der Waals surface area contributed by atoms with Crippen molar-refractivity contribution in [3.05, 3.63) is 68.9 Å². The van der Waals surface area contributed by atoms with E-state index in [1.165, 1.54) is 6.07 Å². The average Bonchev–Trinajstić information content (AvgIpc) is 2.50. The molecule has 0 radical (unpaired) electrons. The minimum absolute atomic E-state index is 0.0206. The highest BCUT2D eigenvalue weighted by Crippen LogP contribution is 2.20. The van der Waals surface area contributed by atoms with E-state index in [9.17, 15) is 17.6 Å². The van der Waals surface area contributed by atoms with Crippen LogP contribution in [0, 0.1) is 5.82 Å². The third-order valence-electron chi connectivity index (χ3n) is 3.49. The van der Waals surface area contributed by atoms with Gasteiger partial charge in [0.05, 0.1) is 11.8 Å². The molecule has 0 aliphatic rings. The van der Waals surface area contributed by atoms with Gasteiger partial charge < -0.3 is 5.32 Å². The van der Waals surface area contributed by atoms with E-state index in [4.69, 9.17) is 11.6 Å². The number of halogens is 3. The molecule has 0 unspecified atom stereocenters. The molecule has 0 bridgehead atoms. The number of carbonyl (C=O) groups excluding carboxylic acids is 1. The van der Waals surface area contributed by atoms with Gasteiger partial charge in [-0.05, 0) is 42.3 Å². The standard InChI is InChI=1S/C17H16BrClFNO3S/c1-11(12-2-5-14(18)6-3-12)21-17(22)10-25(23,24)9-13-4-7-15(20)8-16(13)19/h2-8,11H,9-10H2,1H3,(H,21,22)/t11-/m1/s1. The van der Waals surface area contributed by atoms with Crippen molar-refractivity contribution in [3.63, 3.8) is 0 Å². The Morgan fingerprint density at radius 1 is 1.24 bits per heavy atom. The highest BCUT2D eigenvalue weighted by molar-refractivity contribution is 9.10. The highest BCUT2D eigenvalue weighted by atomic mass is 79.9. The molecule has 1 amide bonds. The molecule has 8 heteroatoms. The lowest BCUT2D eigenvalue weighted by Crippen LogP contribution is -2.32. The van der Waals surface area contributed by atoms with Crippen LogP contribution in [0.2, 0.25) is 5.02 Å². The summed E-state index contributed by atoms with van der Waals surface area (Å²) in [5.41, 5.74) is 1.12. The summed E-state index contributed by atoms with van der Waals surface area (Å²) >= 11 is 9.17. The van der Waals surface area contributed by atoms with E-state index in [2.05, 4.69) is 21.2 Å². The van der Waals surface area contributed by atoms with E-state index in [1.807, 2.05) is 24.3 Å². The highest BCUT2D eigenvalue weighted by Gasteiger charge is 2.20. The quantitative estimate of drug-likeness (QED) is 0.725. The minimum Gasteiger partial charge on any atom is -0.349 e. The molecule has 1 atom stereocenters. The van der Waals surface area contributed by atoms with Gasteiger partial charge in [0.15, 0.2) is 9.84 Å². The van der Waals surface area contributed by atoms with E-state index in [0.717, 1.165) is 22.2 Å². The number of amides is 1. The SMILES string of the molecule is C[C@@H](NC(=O)CS(=O)(=O)Cc1ccc(F)cc1Cl)c1ccc(Br)cc1. The summed E-state index contributed by atoms with van der Waals surface area (Å²) in [4.78, 5) is 12.0. The summed E-state index contributed by atoms with van der Waals surface area (Å²) in [5.74, 6) is -2.24. The first-order valence-electron chi connectivity index (χ1n) is 7.35. The number of hydrogen-bond acceptors (Lipinski definition) is 3. The topological polar surface area (TPSA) is 63.2 Å².